The Morgan fingerprint density at radius 3 is 1.91 bits per heavy atom. The van der Waals surface area contributed by atoms with Gasteiger partial charge in [0.05, 0.1) is 22.3 Å². The molecule has 0 spiro atoms. The van der Waals surface area contributed by atoms with Crippen molar-refractivity contribution in [1.82, 2.24) is 9.55 Å². The summed E-state index contributed by atoms with van der Waals surface area (Å²) in [5, 5.41) is 1.63. The largest absolute Gasteiger partial charge is 0.455 e. The topological polar surface area (TPSA) is 31.0 Å². The third kappa shape index (κ3) is 4.77. The van der Waals surface area contributed by atoms with Crippen molar-refractivity contribution in [1.29, 1.82) is 0 Å². The van der Waals surface area contributed by atoms with E-state index >= 15 is 0 Å². The first-order chi connectivity index (χ1) is 24.1. The summed E-state index contributed by atoms with van der Waals surface area (Å²) < 4.78 is 34.9. The molecule has 2 heterocycles. The van der Waals surface area contributed by atoms with Crippen LogP contribution in [0.2, 0.25) is 0 Å². The van der Waals surface area contributed by atoms with E-state index in [4.69, 9.17) is 13.5 Å². The predicted octanol–water partition coefficient (Wildman–Crippen LogP) is 12.5. The van der Waals surface area contributed by atoms with Gasteiger partial charge in [0.25, 0.3) is 0 Å². The second-order valence-electron chi connectivity index (χ2n) is 13.0. The summed E-state index contributed by atoms with van der Waals surface area (Å²) in [4.78, 5) is 5.29. The van der Waals surface area contributed by atoms with Crippen molar-refractivity contribution < 1.29 is 8.53 Å². The maximum absolute atomic E-state index is 8.62. The third-order valence-electron chi connectivity index (χ3n) is 9.30. The molecule has 0 aliphatic carbocycles. The molecule has 0 saturated heterocycles. The van der Waals surface area contributed by atoms with Crippen molar-refractivity contribution in [2.75, 3.05) is 0 Å². The van der Waals surface area contributed by atoms with Gasteiger partial charge in [0.2, 0.25) is 0 Å². The maximum atomic E-state index is 8.62. The summed E-state index contributed by atoms with van der Waals surface area (Å²) in [6.45, 7) is 6.59. The highest BCUT2D eigenvalue weighted by Gasteiger charge is 2.25. The number of para-hydroxylation sites is 3. The van der Waals surface area contributed by atoms with Gasteiger partial charge in [-0.3, -0.25) is 4.57 Å². The average molecular weight is 614 g/mol. The van der Waals surface area contributed by atoms with Crippen LogP contribution in [-0.4, -0.2) is 9.55 Å². The lowest BCUT2D eigenvalue weighted by atomic mass is 9.88. The van der Waals surface area contributed by atoms with E-state index in [2.05, 4.69) is 92.9 Å². The molecule has 0 amide bonds. The minimum Gasteiger partial charge on any atom is -0.455 e. The summed E-state index contributed by atoms with van der Waals surface area (Å²) >= 11 is 0. The number of aromatic nitrogens is 2. The van der Waals surface area contributed by atoms with Crippen LogP contribution in [0.1, 0.15) is 60.3 Å². The smallest absolute Gasteiger partial charge is 0.149 e. The standard InChI is InChI=1S/C44H38N2O/c1-27(2)37-25-32(30-15-8-6-9-16-30)26-38(28(3)4)41(37)46-40-22-13-12-21-39(40)45-44(46)36-20-14-19-34-35-24-23-33(31-17-10-7-11-18-31)29(5)42(35)47-43(34)36/h6-28H,1-5H3/i5D3. The first kappa shape index (κ1) is 25.7. The fourth-order valence-electron chi connectivity index (χ4n) is 6.95. The Morgan fingerprint density at radius 1 is 0.596 bits per heavy atom. The normalized spacial score (nSPS) is 13.1. The highest BCUT2D eigenvalue weighted by atomic mass is 16.3. The zero-order chi connectivity index (χ0) is 34.7. The van der Waals surface area contributed by atoms with Crippen LogP contribution in [0.5, 0.6) is 0 Å². The van der Waals surface area contributed by atoms with E-state index in [-0.39, 0.29) is 17.4 Å². The van der Waals surface area contributed by atoms with Gasteiger partial charge in [-0.05, 0) is 88.5 Å². The summed E-state index contributed by atoms with van der Waals surface area (Å²) in [5.41, 5.74) is 11.4. The van der Waals surface area contributed by atoms with Crippen molar-refractivity contribution >= 4 is 33.0 Å². The Morgan fingerprint density at radius 2 is 1.23 bits per heavy atom. The summed E-state index contributed by atoms with van der Waals surface area (Å²) in [6.07, 6.45) is 0. The molecule has 0 saturated carbocycles. The quantitative estimate of drug-likeness (QED) is 0.187. The van der Waals surface area contributed by atoms with E-state index in [1.54, 1.807) is 0 Å². The van der Waals surface area contributed by atoms with Gasteiger partial charge in [-0.2, -0.15) is 0 Å². The van der Waals surface area contributed by atoms with Crippen LogP contribution in [0.15, 0.2) is 132 Å². The summed E-state index contributed by atoms with van der Waals surface area (Å²) in [7, 11) is 0. The Kier molecular flexibility index (Phi) is 6.26. The number of hydrogen-bond acceptors (Lipinski definition) is 2. The fraction of sp³-hybridized carbons (Fsp3) is 0.159. The number of furan rings is 1. The van der Waals surface area contributed by atoms with Crippen LogP contribution in [0.25, 0.3) is 72.3 Å². The number of nitrogens with zero attached hydrogens (tertiary/aromatic N) is 2. The van der Waals surface area contributed by atoms with Gasteiger partial charge in [-0.15, -0.1) is 0 Å². The lowest BCUT2D eigenvalue weighted by Crippen LogP contribution is -2.09. The molecule has 0 aliphatic rings. The highest BCUT2D eigenvalue weighted by Crippen LogP contribution is 2.43. The van der Waals surface area contributed by atoms with Crippen molar-refractivity contribution in [2.45, 2.75) is 46.4 Å². The molecule has 0 radical (unpaired) electrons. The van der Waals surface area contributed by atoms with E-state index in [9.17, 15) is 0 Å². The highest BCUT2D eigenvalue weighted by molar-refractivity contribution is 6.11. The Labute approximate surface area is 280 Å². The van der Waals surface area contributed by atoms with Crippen molar-refractivity contribution in [3.63, 3.8) is 0 Å². The van der Waals surface area contributed by atoms with Crippen LogP contribution in [-0.2, 0) is 0 Å². The van der Waals surface area contributed by atoms with E-state index in [1.807, 2.05) is 66.7 Å². The van der Waals surface area contributed by atoms with Gasteiger partial charge in [0.15, 0.2) is 0 Å². The number of aryl methyl sites for hydroxylation is 1. The van der Waals surface area contributed by atoms with Crippen molar-refractivity contribution in [3.8, 4) is 39.3 Å². The number of benzene rings is 6. The SMILES string of the molecule is [2H]C([2H])([2H])c1c(-c2ccccc2)ccc2c1oc1c(-c3nc4ccccc4n3-c3c(C(C)C)cc(-c4ccccc4)cc3C(C)C)cccc12. The number of imidazole rings is 1. The molecule has 0 aliphatic heterocycles. The average Bonchev–Trinajstić information content (AvgIpc) is 3.69. The molecule has 0 unspecified atom stereocenters. The summed E-state index contributed by atoms with van der Waals surface area (Å²) in [6, 6.07) is 43.1. The Bertz CT molecular complexity index is 2490. The molecule has 8 aromatic rings. The van der Waals surface area contributed by atoms with Crippen molar-refractivity contribution in [3.05, 3.63) is 144 Å². The molecular weight excluding hydrogens is 572 g/mol. The number of rotatable bonds is 6. The molecule has 47 heavy (non-hydrogen) atoms. The van der Waals surface area contributed by atoms with Crippen LogP contribution in [0.3, 0.4) is 0 Å². The molecule has 6 aromatic carbocycles. The van der Waals surface area contributed by atoms with Gasteiger partial charge < -0.3 is 4.42 Å². The molecule has 3 nitrogen and oxygen atoms in total. The first-order valence-electron chi connectivity index (χ1n) is 17.9. The monoisotopic (exact) mass is 613 g/mol. The van der Waals surface area contributed by atoms with Gasteiger partial charge in [-0.25, -0.2) is 4.98 Å². The van der Waals surface area contributed by atoms with E-state index in [1.165, 1.54) is 22.3 Å². The summed E-state index contributed by atoms with van der Waals surface area (Å²) in [5.74, 6) is 1.20. The van der Waals surface area contributed by atoms with Crippen LogP contribution in [0, 0.1) is 6.85 Å². The molecule has 0 atom stereocenters. The van der Waals surface area contributed by atoms with Gasteiger partial charge in [0.1, 0.15) is 17.0 Å². The fourth-order valence-corrected chi connectivity index (χ4v) is 6.95. The molecular formula is C44H38N2O. The second-order valence-corrected chi connectivity index (χ2v) is 13.0. The minimum absolute atomic E-state index is 0.220. The molecule has 230 valence electrons. The Hall–Kier alpha value is -5.41. The zero-order valence-electron chi connectivity index (χ0n) is 30.1. The zero-order valence-corrected chi connectivity index (χ0v) is 27.1. The maximum Gasteiger partial charge on any atom is 0.149 e. The first-order valence-corrected chi connectivity index (χ1v) is 16.4. The van der Waals surface area contributed by atoms with Crippen LogP contribution in [0.4, 0.5) is 0 Å². The molecule has 0 fully saturated rings. The number of fused-ring (bicyclic) bond motifs is 4. The van der Waals surface area contributed by atoms with E-state index in [0.29, 0.717) is 16.7 Å². The molecule has 3 heteroatoms. The van der Waals surface area contributed by atoms with Crippen LogP contribution >= 0.6 is 0 Å². The molecule has 0 N–H and O–H groups in total. The molecule has 8 rings (SSSR count). The van der Waals surface area contributed by atoms with E-state index in [0.717, 1.165) is 44.4 Å². The predicted molar refractivity (Wildman–Crippen MR) is 198 cm³/mol. The van der Waals surface area contributed by atoms with Crippen molar-refractivity contribution in [2.24, 2.45) is 0 Å². The Balaban J connectivity index is 1.45. The van der Waals surface area contributed by atoms with Gasteiger partial charge in [-0.1, -0.05) is 119 Å². The second kappa shape index (κ2) is 11.4. The molecule has 0 bridgehead atoms. The van der Waals surface area contributed by atoms with Gasteiger partial charge in [0, 0.05) is 20.4 Å². The van der Waals surface area contributed by atoms with Crippen LogP contribution < -0.4 is 0 Å². The third-order valence-corrected chi connectivity index (χ3v) is 9.30. The molecule has 2 aromatic heterocycles. The minimum atomic E-state index is -2.40. The van der Waals surface area contributed by atoms with E-state index < -0.39 is 6.85 Å². The lowest BCUT2D eigenvalue weighted by Gasteiger charge is -2.24. The van der Waals surface area contributed by atoms with Gasteiger partial charge >= 0.3 is 0 Å². The lowest BCUT2D eigenvalue weighted by molar-refractivity contribution is 0.666. The number of hydrogen-bond donors (Lipinski definition) is 0.